The van der Waals surface area contributed by atoms with Crippen molar-refractivity contribution in [1.29, 1.82) is 0 Å². The molecule has 174 valence electrons. The normalized spacial score (nSPS) is 20.9. The number of nitrogens with zero attached hydrogens (tertiary/aromatic N) is 3. The van der Waals surface area contributed by atoms with Crippen LogP contribution in [0.5, 0.6) is 5.88 Å². The molecule has 1 aromatic rings. The number of hydroxylamine groups is 1. The van der Waals surface area contributed by atoms with Crippen molar-refractivity contribution in [2.45, 2.75) is 49.2 Å². The number of aromatic nitrogens is 2. The van der Waals surface area contributed by atoms with Gasteiger partial charge in [0.15, 0.2) is 11.4 Å². The molecular weight excluding hydrogens is 438 g/mol. The predicted octanol–water partition coefficient (Wildman–Crippen LogP) is 1.07. The van der Waals surface area contributed by atoms with Gasteiger partial charge in [0.25, 0.3) is 11.8 Å². The highest BCUT2D eigenvalue weighted by Gasteiger charge is 2.54. The van der Waals surface area contributed by atoms with E-state index < -0.39 is 33.2 Å². The van der Waals surface area contributed by atoms with Crippen LogP contribution in [-0.2, 0) is 19.6 Å². The topological polar surface area (TPSA) is 131 Å². The van der Waals surface area contributed by atoms with E-state index in [-0.39, 0.29) is 50.9 Å². The number of nitrogens with one attached hydrogen (secondary N) is 1. The molecule has 0 unspecified atom stereocenters. The number of halogens is 2. The molecule has 0 spiro atoms. The molecule has 0 aliphatic carbocycles. The fourth-order valence-corrected chi connectivity index (χ4v) is 6.00. The lowest BCUT2D eigenvalue weighted by Crippen LogP contribution is -2.60. The first kappa shape index (κ1) is 23.7. The molecule has 2 aliphatic rings. The van der Waals surface area contributed by atoms with Crippen LogP contribution in [0.3, 0.4) is 0 Å². The minimum Gasteiger partial charge on any atom is -0.470 e. The highest BCUT2D eigenvalue weighted by Crippen LogP contribution is 2.36. The molecule has 10 nitrogen and oxygen atoms in total. The molecule has 2 N–H and O–H groups in total. The Labute approximate surface area is 179 Å². The van der Waals surface area contributed by atoms with Crippen LogP contribution in [0, 0.1) is 0 Å². The van der Waals surface area contributed by atoms with Gasteiger partial charge in [0, 0.05) is 52.0 Å². The van der Waals surface area contributed by atoms with E-state index in [1.807, 2.05) is 0 Å². The standard InChI is InChI=1S/C18H26F2N4O6S/c1-17(19,20)12-30-15-11-21-14(10-22-15)13-2-6-24(7-3-13)31(27,28)18(16(25)23-26)4-8-29-9-5-18/h10-11,13,26H,2-9,12H2,1H3,(H,23,25). The van der Waals surface area contributed by atoms with Crippen LogP contribution in [0.4, 0.5) is 8.78 Å². The van der Waals surface area contributed by atoms with Crippen molar-refractivity contribution >= 4 is 15.9 Å². The Balaban J connectivity index is 1.65. The van der Waals surface area contributed by atoms with Crippen LogP contribution in [0.15, 0.2) is 12.4 Å². The maximum atomic E-state index is 13.3. The highest BCUT2D eigenvalue weighted by atomic mass is 32.2. The third-order valence-electron chi connectivity index (χ3n) is 5.64. The number of rotatable bonds is 7. The monoisotopic (exact) mass is 464 g/mol. The number of hydrogen-bond acceptors (Lipinski definition) is 8. The van der Waals surface area contributed by atoms with Crippen LogP contribution in [0.1, 0.15) is 44.2 Å². The van der Waals surface area contributed by atoms with E-state index in [1.54, 1.807) is 0 Å². The van der Waals surface area contributed by atoms with Gasteiger partial charge in [0.1, 0.15) is 0 Å². The second-order valence-electron chi connectivity index (χ2n) is 7.86. The van der Waals surface area contributed by atoms with Crippen molar-refractivity contribution in [1.82, 2.24) is 19.8 Å². The first-order chi connectivity index (χ1) is 14.6. The zero-order chi connectivity index (χ0) is 22.7. The van der Waals surface area contributed by atoms with E-state index in [9.17, 15) is 22.0 Å². The minimum atomic E-state index is -4.04. The van der Waals surface area contributed by atoms with Crippen molar-refractivity contribution in [3.8, 4) is 5.88 Å². The zero-order valence-corrected chi connectivity index (χ0v) is 17.9. The van der Waals surface area contributed by atoms with Gasteiger partial charge in [-0.15, -0.1) is 0 Å². The molecule has 0 bridgehead atoms. The van der Waals surface area contributed by atoms with Crippen LogP contribution >= 0.6 is 0 Å². The molecule has 0 atom stereocenters. The van der Waals surface area contributed by atoms with Crippen molar-refractivity contribution in [2.75, 3.05) is 32.9 Å². The van der Waals surface area contributed by atoms with Gasteiger partial charge in [-0.3, -0.25) is 15.0 Å². The highest BCUT2D eigenvalue weighted by molar-refractivity contribution is 7.91. The average molecular weight is 464 g/mol. The lowest BCUT2D eigenvalue weighted by molar-refractivity contribution is -0.134. The molecule has 3 rings (SSSR count). The van der Waals surface area contributed by atoms with Crippen LogP contribution < -0.4 is 10.2 Å². The van der Waals surface area contributed by atoms with Gasteiger partial charge in [-0.05, 0) is 12.8 Å². The molecular formula is C18H26F2N4O6S. The summed E-state index contributed by atoms with van der Waals surface area (Å²) in [5.41, 5.74) is 2.12. The third kappa shape index (κ3) is 5.10. The van der Waals surface area contributed by atoms with Crippen molar-refractivity contribution in [3.05, 3.63) is 18.1 Å². The van der Waals surface area contributed by atoms with E-state index in [2.05, 4.69) is 9.97 Å². The van der Waals surface area contributed by atoms with Gasteiger partial charge >= 0.3 is 0 Å². The number of amides is 1. The number of ether oxygens (including phenoxy) is 2. The fourth-order valence-electron chi connectivity index (χ4n) is 3.86. The minimum absolute atomic E-state index is 0.0123. The Morgan fingerprint density at radius 3 is 2.48 bits per heavy atom. The number of hydrogen-bond donors (Lipinski definition) is 2. The molecule has 1 aromatic heterocycles. The molecule has 0 radical (unpaired) electrons. The lowest BCUT2D eigenvalue weighted by Gasteiger charge is -2.40. The molecule has 13 heteroatoms. The second kappa shape index (κ2) is 9.27. The van der Waals surface area contributed by atoms with Crippen LogP contribution in [-0.4, -0.2) is 77.4 Å². The largest absolute Gasteiger partial charge is 0.470 e. The first-order valence-electron chi connectivity index (χ1n) is 9.94. The molecule has 2 saturated heterocycles. The van der Waals surface area contributed by atoms with Crippen LogP contribution in [0.2, 0.25) is 0 Å². The SMILES string of the molecule is CC(F)(F)COc1cnc(C2CCN(S(=O)(=O)C3(C(=O)NO)CCOCC3)CC2)cn1. The molecule has 0 saturated carbocycles. The van der Waals surface area contributed by atoms with Gasteiger partial charge in [0.2, 0.25) is 15.9 Å². The summed E-state index contributed by atoms with van der Waals surface area (Å²) in [7, 11) is -4.04. The van der Waals surface area contributed by atoms with Gasteiger partial charge in [-0.25, -0.2) is 32.0 Å². The third-order valence-corrected chi connectivity index (χ3v) is 8.27. The zero-order valence-electron chi connectivity index (χ0n) is 17.1. The molecule has 2 fully saturated rings. The van der Waals surface area contributed by atoms with Gasteiger partial charge in [0.05, 0.1) is 18.1 Å². The molecule has 3 heterocycles. The number of carbonyl (C=O) groups is 1. The maximum Gasteiger partial charge on any atom is 0.278 e. The second-order valence-corrected chi connectivity index (χ2v) is 10.1. The Hall–Kier alpha value is -1.96. The number of carbonyl (C=O) groups excluding carboxylic acids is 1. The van der Waals surface area contributed by atoms with Crippen molar-refractivity contribution < 1.29 is 36.7 Å². The summed E-state index contributed by atoms with van der Waals surface area (Å²) in [5.74, 6) is -4.01. The number of alkyl halides is 2. The molecule has 0 aromatic carbocycles. The summed E-state index contributed by atoms with van der Waals surface area (Å²) >= 11 is 0. The predicted molar refractivity (Wildman–Crippen MR) is 103 cm³/mol. The van der Waals surface area contributed by atoms with Gasteiger partial charge in [-0.2, -0.15) is 0 Å². The van der Waals surface area contributed by atoms with Crippen LogP contribution in [0.25, 0.3) is 0 Å². The fraction of sp³-hybridized carbons (Fsp3) is 0.722. The average Bonchev–Trinajstić information content (AvgIpc) is 2.77. The number of sulfonamides is 1. The maximum absolute atomic E-state index is 13.3. The van der Waals surface area contributed by atoms with E-state index >= 15 is 0 Å². The van der Waals surface area contributed by atoms with Gasteiger partial charge in [-0.1, -0.05) is 0 Å². The summed E-state index contributed by atoms with van der Waals surface area (Å²) in [6.07, 6.45) is 3.55. The van der Waals surface area contributed by atoms with E-state index in [4.69, 9.17) is 14.7 Å². The summed E-state index contributed by atoms with van der Waals surface area (Å²) < 4.78 is 62.0. The summed E-state index contributed by atoms with van der Waals surface area (Å²) in [4.78, 5) is 20.5. The lowest BCUT2D eigenvalue weighted by atomic mass is 9.95. The van der Waals surface area contributed by atoms with E-state index in [0.717, 1.165) is 6.92 Å². The molecule has 31 heavy (non-hydrogen) atoms. The molecule has 1 amide bonds. The Bertz CT molecular complexity index is 864. The summed E-state index contributed by atoms with van der Waals surface area (Å²) in [5, 5.41) is 9.12. The first-order valence-corrected chi connectivity index (χ1v) is 11.4. The summed E-state index contributed by atoms with van der Waals surface area (Å²) in [6.45, 7) is 0.511. The smallest absolute Gasteiger partial charge is 0.278 e. The van der Waals surface area contributed by atoms with Crippen molar-refractivity contribution in [2.24, 2.45) is 0 Å². The Morgan fingerprint density at radius 1 is 1.32 bits per heavy atom. The summed E-state index contributed by atoms with van der Waals surface area (Å²) in [6, 6.07) is 0. The quantitative estimate of drug-likeness (QED) is 0.453. The van der Waals surface area contributed by atoms with Gasteiger partial charge < -0.3 is 9.47 Å². The Morgan fingerprint density at radius 2 is 1.97 bits per heavy atom. The Kier molecular flexibility index (Phi) is 7.08. The van der Waals surface area contributed by atoms with Crippen molar-refractivity contribution in [3.63, 3.8) is 0 Å². The van der Waals surface area contributed by atoms with E-state index in [0.29, 0.717) is 18.5 Å². The number of piperidine rings is 1. The molecule has 2 aliphatic heterocycles. The van der Waals surface area contributed by atoms with E-state index in [1.165, 1.54) is 22.2 Å².